The number of nitrogens with one attached hydrogen (secondary N) is 1. The fourth-order valence-corrected chi connectivity index (χ4v) is 1.14. The Morgan fingerprint density at radius 2 is 1.65 bits per heavy atom. The normalized spacial score (nSPS) is 11.0. The van der Waals surface area contributed by atoms with E-state index in [9.17, 15) is 20.2 Å². The van der Waals surface area contributed by atoms with Crippen LogP contribution in [0.4, 0.5) is 11.4 Å². The highest BCUT2D eigenvalue weighted by Crippen LogP contribution is 2.22. The highest BCUT2D eigenvalue weighted by Gasteiger charge is 2.18. The van der Waals surface area contributed by atoms with Crippen LogP contribution in [0.5, 0.6) is 0 Å². The largest absolute Gasteiger partial charge is 0.321 e. The summed E-state index contributed by atoms with van der Waals surface area (Å²) >= 11 is 0. The number of hydrazone groups is 1. The quantitative estimate of drug-likeness (QED) is 0.212. The summed E-state index contributed by atoms with van der Waals surface area (Å²) in [5.74, 6) is 9.94. The Bertz CT molecular complexity index is 467. The minimum Gasteiger partial charge on any atom is -0.321 e. The van der Waals surface area contributed by atoms with E-state index < -0.39 is 21.2 Å². The van der Waals surface area contributed by atoms with Crippen LogP contribution in [-0.4, -0.2) is 15.7 Å². The standard InChI is InChI=1S/C7H8N6O4/c8-10-7(11-9)4-1-5(12(14)15)3-6(2-4)13(16)17/h1-3H,8-9H2,(H,10,11). The van der Waals surface area contributed by atoms with Gasteiger partial charge in [0.15, 0.2) is 5.84 Å². The molecular formula is C7H8N6O4. The third kappa shape index (κ3) is 2.63. The summed E-state index contributed by atoms with van der Waals surface area (Å²) in [6, 6.07) is 2.96. The van der Waals surface area contributed by atoms with E-state index in [1.807, 2.05) is 0 Å². The minimum absolute atomic E-state index is 0.0518. The number of nitrogens with zero attached hydrogens (tertiary/aromatic N) is 3. The zero-order valence-corrected chi connectivity index (χ0v) is 8.36. The second-order valence-corrected chi connectivity index (χ2v) is 2.87. The van der Waals surface area contributed by atoms with Gasteiger partial charge < -0.3 is 11.3 Å². The van der Waals surface area contributed by atoms with Gasteiger partial charge in [-0.2, -0.15) is 5.10 Å². The first-order chi connectivity index (χ1) is 7.99. The van der Waals surface area contributed by atoms with Crippen LogP contribution in [-0.2, 0) is 0 Å². The Hall–Kier alpha value is -2.75. The maximum Gasteiger partial charge on any atom is 0.277 e. The van der Waals surface area contributed by atoms with Crippen molar-refractivity contribution >= 4 is 17.2 Å². The summed E-state index contributed by atoms with van der Waals surface area (Å²) in [5, 5.41) is 24.4. The molecule has 10 nitrogen and oxygen atoms in total. The average Bonchev–Trinajstić information content (AvgIpc) is 2.30. The Balaban J connectivity index is 3.41. The van der Waals surface area contributed by atoms with Crippen LogP contribution in [0.25, 0.3) is 0 Å². The van der Waals surface area contributed by atoms with Crippen molar-refractivity contribution in [3.8, 4) is 0 Å². The van der Waals surface area contributed by atoms with Crippen LogP contribution in [0, 0.1) is 20.2 Å². The molecule has 0 saturated heterocycles. The van der Waals surface area contributed by atoms with Crippen LogP contribution >= 0.6 is 0 Å². The Labute approximate surface area is 94.2 Å². The number of nitrogens with two attached hydrogens (primary N) is 2. The second kappa shape index (κ2) is 4.85. The molecule has 0 aliphatic carbocycles. The summed E-state index contributed by atoms with van der Waals surface area (Å²) in [6.07, 6.45) is 0. The molecule has 0 aliphatic rings. The van der Waals surface area contributed by atoms with Crippen molar-refractivity contribution in [3.05, 3.63) is 44.0 Å². The molecule has 0 unspecified atom stereocenters. The van der Waals surface area contributed by atoms with E-state index in [0.29, 0.717) is 0 Å². The molecule has 1 rings (SSSR count). The van der Waals surface area contributed by atoms with Gasteiger partial charge in [0.25, 0.3) is 11.4 Å². The number of amidine groups is 1. The van der Waals surface area contributed by atoms with Crippen molar-refractivity contribution < 1.29 is 9.85 Å². The van der Waals surface area contributed by atoms with Gasteiger partial charge >= 0.3 is 0 Å². The molecule has 0 heterocycles. The summed E-state index contributed by atoms with van der Waals surface area (Å²) in [7, 11) is 0. The number of hydrazine groups is 1. The zero-order chi connectivity index (χ0) is 13.0. The van der Waals surface area contributed by atoms with E-state index in [4.69, 9.17) is 11.7 Å². The Morgan fingerprint density at radius 3 is 1.94 bits per heavy atom. The first-order valence-corrected chi connectivity index (χ1v) is 4.18. The number of non-ortho nitro benzene ring substituents is 2. The van der Waals surface area contributed by atoms with Gasteiger partial charge in [-0.15, -0.1) is 0 Å². The van der Waals surface area contributed by atoms with E-state index in [2.05, 4.69) is 10.5 Å². The lowest BCUT2D eigenvalue weighted by Gasteiger charge is -2.03. The molecule has 17 heavy (non-hydrogen) atoms. The molecule has 5 N–H and O–H groups in total. The lowest BCUT2D eigenvalue weighted by Crippen LogP contribution is -2.32. The first kappa shape index (κ1) is 12.3. The third-order valence-electron chi connectivity index (χ3n) is 1.86. The van der Waals surface area contributed by atoms with Crippen LogP contribution < -0.4 is 17.1 Å². The number of rotatable bonds is 3. The zero-order valence-electron chi connectivity index (χ0n) is 8.36. The average molecular weight is 240 g/mol. The SMILES string of the molecule is N/N=C(\NN)c1cc([N+](=O)[O-])cc([N+](=O)[O-])c1. The number of nitro benzene ring substituents is 2. The molecule has 0 spiro atoms. The molecule has 0 radical (unpaired) electrons. The van der Waals surface area contributed by atoms with Crippen LogP contribution in [0.1, 0.15) is 5.56 Å². The molecule has 90 valence electrons. The Kier molecular flexibility index (Phi) is 3.51. The van der Waals surface area contributed by atoms with Gasteiger partial charge in [0.2, 0.25) is 0 Å². The molecule has 0 saturated carbocycles. The van der Waals surface area contributed by atoms with Crippen molar-refractivity contribution in [2.75, 3.05) is 0 Å². The van der Waals surface area contributed by atoms with Crippen molar-refractivity contribution in [1.29, 1.82) is 0 Å². The smallest absolute Gasteiger partial charge is 0.277 e. The topological polar surface area (TPSA) is 163 Å². The Morgan fingerprint density at radius 1 is 1.18 bits per heavy atom. The molecule has 0 bridgehead atoms. The van der Waals surface area contributed by atoms with Crippen molar-refractivity contribution in [2.45, 2.75) is 0 Å². The van der Waals surface area contributed by atoms with Crippen LogP contribution in [0.2, 0.25) is 0 Å². The monoisotopic (exact) mass is 240 g/mol. The van der Waals surface area contributed by atoms with Gasteiger partial charge in [0.1, 0.15) is 0 Å². The van der Waals surface area contributed by atoms with Crippen molar-refractivity contribution in [3.63, 3.8) is 0 Å². The predicted octanol–water partition coefficient (Wildman–Crippen LogP) is -0.413. The number of nitro groups is 2. The predicted molar refractivity (Wildman–Crippen MR) is 57.8 cm³/mol. The first-order valence-electron chi connectivity index (χ1n) is 4.18. The summed E-state index contributed by atoms with van der Waals surface area (Å²) < 4.78 is 0. The number of hydrogen-bond acceptors (Lipinski definition) is 7. The molecule has 1 aromatic carbocycles. The fourth-order valence-electron chi connectivity index (χ4n) is 1.14. The van der Waals surface area contributed by atoms with E-state index in [0.717, 1.165) is 18.2 Å². The lowest BCUT2D eigenvalue weighted by atomic mass is 10.1. The van der Waals surface area contributed by atoms with E-state index in [1.54, 1.807) is 0 Å². The van der Waals surface area contributed by atoms with E-state index >= 15 is 0 Å². The fraction of sp³-hybridized carbons (Fsp3) is 0. The van der Waals surface area contributed by atoms with Crippen molar-refractivity contribution in [1.82, 2.24) is 5.43 Å². The van der Waals surface area contributed by atoms with Gasteiger partial charge in [-0.05, 0) is 0 Å². The van der Waals surface area contributed by atoms with Gasteiger partial charge in [0.05, 0.1) is 15.9 Å². The maximum absolute atomic E-state index is 10.6. The van der Waals surface area contributed by atoms with Gasteiger partial charge in [-0.3, -0.25) is 20.2 Å². The molecular weight excluding hydrogens is 232 g/mol. The molecule has 0 aromatic heterocycles. The molecule has 10 heteroatoms. The summed E-state index contributed by atoms with van der Waals surface area (Å²) in [6.45, 7) is 0. The highest BCUT2D eigenvalue weighted by molar-refractivity contribution is 5.99. The highest BCUT2D eigenvalue weighted by atomic mass is 16.6. The lowest BCUT2D eigenvalue weighted by molar-refractivity contribution is -0.394. The van der Waals surface area contributed by atoms with Gasteiger partial charge in [0, 0.05) is 17.7 Å². The van der Waals surface area contributed by atoms with Gasteiger partial charge in [-0.1, -0.05) is 0 Å². The van der Waals surface area contributed by atoms with Crippen LogP contribution in [0.15, 0.2) is 23.3 Å². The van der Waals surface area contributed by atoms with Crippen molar-refractivity contribution in [2.24, 2.45) is 16.8 Å². The minimum atomic E-state index is -0.763. The summed E-state index contributed by atoms with van der Waals surface area (Å²) in [5.41, 5.74) is 1.23. The molecule has 0 fully saturated rings. The third-order valence-corrected chi connectivity index (χ3v) is 1.86. The molecule has 1 aromatic rings. The molecule has 0 amide bonds. The van der Waals surface area contributed by atoms with E-state index in [1.165, 1.54) is 0 Å². The van der Waals surface area contributed by atoms with Gasteiger partial charge in [-0.25, -0.2) is 5.84 Å². The van der Waals surface area contributed by atoms with Crippen LogP contribution in [0.3, 0.4) is 0 Å². The number of benzene rings is 1. The molecule has 0 atom stereocenters. The van der Waals surface area contributed by atoms with E-state index in [-0.39, 0.29) is 11.4 Å². The summed E-state index contributed by atoms with van der Waals surface area (Å²) in [4.78, 5) is 19.6. The second-order valence-electron chi connectivity index (χ2n) is 2.87. The number of hydrogen-bond donors (Lipinski definition) is 3. The maximum atomic E-state index is 10.6. The molecule has 0 aliphatic heterocycles.